The fourth-order valence-electron chi connectivity index (χ4n) is 3.49. The van der Waals surface area contributed by atoms with Crippen LogP contribution in [-0.4, -0.2) is 73.9 Å². The van der Waals surface area contributed by atoms with Gasteiger partial charge >= 0.3 is 0 Å². The highest BCUT2D eigenvalue weighted by atomic mass is 127. The van der Waals surface area contributed by atoms with E-state index in [1.165, 1.54) is 13.0 Å². The first-order valence-corrected chi connectivity index (χ1v) is 8.85. The maximum atomic E-state index is 5.48. The number of nitrogens with zero attached hydrogens (tertiary/aromatic N) is 4. The number of nitrogens with one attached hydrogen (secondary N) is 1. The van der Waals surface area contributed by atoms with Gasteiger partial charge in [-0.1, -0.05) is 5.16 Å². The molecule has 1 unspecified atom stereocenters. The molecule has 0 spiro atoms. The highest BCUT2D eigenvalue weighted by molar-refractivity contribution is 14.0. The maximum absolute atomic E-state index is 5.48. The monoisotopic (exact) mass is 463 g/mol. The van der Waals surface area contributed by atoms with Crippen LogP contribution in [0.3, 0.4) is 0 Å². The second kappa shape index (κ2) is 9.72. The van der Waals surface area contributed by atoms with E-state index in [1.807, 2.05) is 20.9 Å². The van der Waals surface area contributed by atoms with E-state index < -0.39 is 0 Å². The first-order valence-electron chi connectivity index (χ1n) is 8.85. The molecule has 142 valence electrons. The Morgan fingerprint density at radius 1 is 1.28 bits per heavy atom. The fraction of sp³-hybridized carbons (Fsp3) is 0.765. The van der Waals surface area contributed by atoms with Crippen LogP contribution in [0.15, 0.2) is 9.52 Å². The molecule has 0 radical (unpaired) electrons. The summed E-state index contributed by atoms with van der Waals surface area (Å²) in [4.78, 5) is 9.33. The van der Waals surface area contributed by atoms with Crippen molar-refractivity contribution >= 4 is 29.9 Å². The Kier molecular flexibility index (Phi) is 7.95. The van der Waals surface area contributed by atoms with E-state index in [9.17, 15) is 0 Å². The van der Waals surface area contributed by atoms with Crippen molar-refractivity contribution in [2.45, 2.75) is 26.8 Å². The molecule has 2 aliphatic rings. The van der Waals surface area contributed by atoms with Crippen LogP contribution in [-0.2, 0) is 11.3 Å². The van der Waals surface area contributed by atoms with Crippen molar-refractivity contribution in [3.05, 3.63) is 17.0 Å². The average molecular weight is 463 g/mol. The first kappa shape index (κ1) is 20.4. The summed E-state index contributed by atoms with van der Waals surface area (Å²) in [6.45, 7) is 11.8. The lowest BCUT2D eigenvalue weighted by molar-refractivity contribution is 0.139. The third kappa shape index (κ3) is 5.30. The number of aryl methyl sites for hydroxylation is 2. The molecule has 3 rings (SSSR count). The van der Waals surface area contributed by atoms with Crippen LogP contribution in [0, 0.1) is 19.8 Å². The van der Waals surface area contributed by atoms with Gasteiger partial charge in [-0.05, 0) is 26.2 Å². The minimum Gasteiger partial charge on any atom is -0.381 e. The number of guanidine groups is 1. The number of ether oxygens (including phenoxy) is 1. The maximum Gasteiger partial charge on any atom is 0.194 e. The van der Waals surface area contributed by atoms with Crippen LogP contribution in [0.25, 0.3) is 0 Å². The van der Waals surface area contributed by atoms with Crippen molar-refractivity contribution in [3.8, 4) is 0 Å². The largest absolute Gasteiger partial charge is 0.381 e. The summed E-state index contributed by atoms with van der Waals surface area (Å²) >= 11 is 0. The molecular weight excluding hydrogens is 433 g/mol. The molecule has 2 saturated heterocycles. The number of hydrogen-bond acceptors (Lipinski definition) is 5. The number of rotatable bonds is 4. The van der Waals surface area contributed by atoms with Gasteiger partial charge in [0.1, 0.15) is 5.76 Å². The molecule has 25 heavy (non-hydrogen) atoms. The predicted molar refractivity (Wildman–Crippen MR) is 109 cm³/mol. The minimum absolute atomic E-state index is 0. The normalized spacial score (nSPS) is 22.1. The average Bonchev–Trinajstić information content (AvgIpc) is 3.21. The minimum atomic E-state index is 0. The van der Waals surface area contributed by atoms with Crippen molar-refractivity contribution in [2.75, 3.05) is 53.0 Å². The summed E-state index contributed by atoms with van der Waals surface area (Å²) in [5.41, 5.74) is 2.06. The van der Waals surface area contributed by atoms with Crippen LogP contribution < -0.4 is 5.32 Å². The molecule has 8 heteroatoms. The van der Waals surface area contributed by atoms with Crippen molar-refractivity contribution in [1.29, 1.82) is 0 Å². The molecule has 0 bridgehead atoms. The van der Waals surface area contributed by atoms with Gasteiger partial charge in [0.2, 0.25) is 0 Å². The number of halogens is 1. The molecular formula is C17H30IN5O2. The molecule has 1 aromatic heterocycles. The zero-order valence-corrected chi connectivity index (χ0v) is 17.8. The third-order valence-electron chi connectivity index (χ3n) is 5.03. The van der Waals surface area contributed by atoms with Crippen LogP contribution in [0.5, 0.6) is 0 Å². The highest BCUT2D eigenvalue weighted by Gasteiger charge is 2.24. The van der Waals surface area contributed by atoms with Gasteiger partial charge in [-0.25, -0.2) is 0 Å². The van der Waals surface area contributed by atoms with Gasteiger partial charge in [-0.2, -0.15) is 0 Å². The number of hydrogen-bond donors (Lipinski definition) is 1. The van der Waals surface area contributed by atoms with Crippen molar-refractivity contribution in [3.63, 3.8) is 0 Å². The number of aliphatic imine (C=N–C) groups is 1. The molecule has 1 atom stereocenters. The smallest absolute Gasteiger partial charge is 0.194 e. The second-order valence-electron chi connectivity index (χ2n) is 6.72. The molecule has 0 aromatic carbocycles. The van der Waals surface area contributed by atoms with E-state index in [4.69, 9.17) is 9.26 Å². The van der Waals surface area contributed by atoms with Crippen molar-refractivity contribution < 1.29 is 9.26 Å². The zero-order chi connectivity index (χ0) is 16.9. The van der Waals surface area contributed by atoms with Crippen molar-refractivity contribution in [1.82, 2.24) is 20.3 Å². The lowest BCUT2D eigenvalue weighted by atomic mass is 10.1. The molecule has 0 aliphatic carbocycles. The Hall–Kier alpha value is -0.870. The summed E-state index contributed by atoms with van der Waals surface area (Å²) in [6, 6.07) is 0. The van der Waals surface area contributed by atoms with Gasteiger partial charge in [0.05, 0.1) is 12.3 Å². The number of piperazine rings is 1. The van der Waals surface area contributed by atoms with Gasteiger partial charge in [-0.15, -0.1) is 24.0 Å². The van der Waals surface area contributed by atoms with Crippen LogP contribution in [0.2, 0.25) is 0 Å². The molecule has 1 aromatic rings. The third-order valence-corrected chi connectivity index (χ3v) is 5.03. The standard InChI is InChI=1S/C17H29N5O2.HI/c1-13-16(14(2)24-20-13)10-19-17(18-3)22-7-5-21(6-8-22)11-15-4-9-23-12-15;/h15H,4-12H2,1-3H3,(H,18,19);1H. The van der Waals surface area contributed by atoms with Crippen LogP contribution in [0.4, 0.5) is 0 Å². The van der Waals surface area contributed by atoms with E-state index in [0.29, 0.717) is 12.5 Å². The van der Waals surface area contributed by atoms with Gasteiger partial charge in [0, 0.05) is 58.5 Å². The van der Waals surface area contributed by atoms with Crippen LogP contribution in [0.1, 0.15) is 23.4 Å². The first-order chi connectivity index (χ1) is 11.7. The fourth-order valence-corrected chi connectivity index (χ4v) is 3.49. The molecule has 0 amide bonds. The Labute approximate surface area is 167 Å². The second-order valence-corrected chi connectivity index (χ2v) is 6.72. The Morgan fingerprint density at radius 2 is 2.04 bits per heavy atom. The van der Waals surface area contributed by atoms with Gasteiger partial charge < -0.3 is 19.5 Å². The van der Waals surface area contributed by atoms with Crippen LogP contribution >= 0.6 is 24.0 Å². The van der Waals surface area contributed by atoms with E-state index in [2.05, 4.69) is 25.3 Å². The van der Waals surface area contributed by atoms with Gasteiger partial charge in [-0.3, -0.25) is 9.89 Å². The molecule has 0 saturated carbocycles. The van der Waals surface area contributed by atoms with Gasteiger partial charge in [0.15, 0.2) is 5.96 Å². The summed E-state index contributed by atoms with van der Waals surface area (Å²) in [6.07, 6.45) is 1.21. The Balaban J connectivity index is 0.00000225. The zero-order valence-electron chi connectivity index (χ0n) is 15.5. The Bertz CT molecular complexity index is 544. The summed E-state index contributed by atoms with van der Waals surface area (Å²) < 4.78 is 10.7. The SMILES string of the molecule is CN=C(NCc1c(C)noc1C)N1CCN(CC2CCOC2)CC1.I. The summed E-state index contributed by atoms with van der Waals surface area (Å²) in [7, 11) is 1.85. The molecule has 7 nitrogen and oxygen atoms in total. The molecule has 2 aliphatic heterocycles. The van der Waals surface area contributed by atoms with E-state index in [-0.39, 0.29) is 24.0 Å². The van der Waals surface area contributed by atoms with Crippen molar-refractivity contribution in [2.24, 2.45) is 10.9 Å². The molecule has 2 fully saturated rings. The summed E-state index contributed by atoms with van der Waals surface area (Å²) in [5.74, 6) is 2.55. The lowest BCUT2D eigenvalue weighted by Crippen LogP contribution is -2.53. The van der Waals surface area contributed by atoms with Gasteiger partial charge in [0.25, 0.3) is 0 Å². The van der Waals surface area contributed by atoms with E-state index in [1.54, 1.807) is 0 Å². The summed E-state index contributed by atoms with van der Waals surface area (Å²) in [5, 5.41) is 7.45. The lowest BCUT2D eigenvalue weighted by Gasteiger charge is -2.37. The predicted octanol–water partition coefficient (Wildman–Crippen LogP) is 1.64. The topological polar surface area (TPSA) is 66.1 Å². The molecule has 1 N–H and O–H groups in total. The Morgan fingerprint density at radius 3 is 2.60 bits per heavy atom. The van der Waals surface area contributed by atoms with E-state index >= 15 is 0 Å². The van der Waals surface area contributed by atoms with E-state index in [0.717, 1.165) is 62.4 Å². The highest BCUT2D eigenvalue weighted by Crippen LogP contribution is 2.15. The quantitative estimate of drug-likeness (QED) is 0.416. The number of aromatic nitrogens is 1. The molecule has 3 heterocycles.